The van der Waals surface area contributed by atoms with E-state index >= 15 is 0 Å². The van der Waals surface area contributed by atoms with E-state index in [0.717, 1.165) is 30.5 Å². The molecule has 0 fully saturated rings. The molecule has 0 unspecified atom stereocenters. The molecule has 2 amide bonds. The van der Waals surface area contributed by atoms with Crippen molar-refractivity contribution in [3.8, 4) is 0 Å². The highest BCUT2D eigenvalue weighted by molar-refractivity contribution is 5.85. The van der Waals surface area contributed by atoms with Crippen molar-refractivity contribution in [1.82, 2.24) is 10.2 Å². The quantitative estimate of drug-likeness (QED) is 0.0639. The molecule has 1 aromatic rings. The number of nitrogens with one attached hydrogen (secondary N) is 1. The zero-order valence-corrected chi connectivity index (χ0v) is 27.8. The van der Waals surface area contributed by atoms with E-state index in [-0.39, 0.29) is 32.2 Å². The van der Waals surface area contributed by atoms with Crippen molar-refractivity contribution >= 4 is 30.6 Å². The van der Waals surface area contributed by atoms with Crippen LogP contribution < -0.4 is 10.2 Å². The molecule has 250 valence electrons. The predicted molar refractivity (Wildman–Crippen MR) is 180 cm³/mol. The second-order valence-corrected chi connectivity index (χ2v) is 11.4. The Kier molecular flexibility index (Phi) is 28.9. The van der Waals surface area contributed by atoms with Crippen LogP contribution in [0.25, 0.3) is 0 Å². The van der Waals surface area contributed by atoms with Crippen LogP contribution in [0, 0.1) is 0 Å². The van der Waals surface area contributed by atoms with Gasteiger partial charge >= 0.3 is 6.09 Å². The van der Waals surface area contributed by atoms with Crippen molar-refractivity contribution in [3.63, 3.8) is 0 Å². The Labute approximate surface area is 268 Å². The van der Waals surface area contributed by atoms with Gasteiger partial charge in [0.25, 0.3) is 0 Å². The third kappa shape index (κ3) is 22.3. The highest BCUT2D eigenvalue weighted by Crippen LogP contribution is 2.21. The lowest BCUT2D eigenvalue weighted by Gasteiger charge is -2.21. The number of para-hydroxylation sites is 1. The number of ether oxygens (including phenoxy) is 1. The number of anilines is 1. The molecule has 43 heavy (non-hydrogen) atoms. The number of rotatable bonds is 29. The van der Waals surface area contributed by atoms with Gasteiger partial charge in [-0.2, -0.15) is 0 Å². The monoisotopic (exact) mass is 627 g/mol. The van der Waals surface area contributed by atoms with Crippen molar-refractivity contribution in [2.45, 2.75) is 123 Å². The molecule has 0 spiro atoms. The summed E-state index contributed by atoms with van der Waals surface area (Å²) in [7, 11) is 0. The normalized spacial score (nSPS) is 10.9. The molecule has 9 heteroatoms. The minimum Gasteiger partial charge on any atom is -0.445 e. The SMILES string of the molecule is CCCCCCCCCCCCCCCCCCN(C=O)c1ccccc1COC(=O)NCCCN(CCO)CCO.Cl. The van der Waals surface area contributed by atoms with E-state index in [0.29, 0.717) is 39.1 Å². The number of carbonyl (C=O) groups is 2. The van der Waals surface area contributed by atoms with E-state index in [1.807, 2.05) is 29.2 Å². The van der Waals surface area contributed by atoms with Gasteiger partial charge in [0.05, 0.1) is 13.2 Å². The fourth-order valence-electron chi connectivity index (χ4n) is 5.28. The van der Waals surface area contributed by atoms with Gasteiger partial charge in [-0.25, -0.2) is 4.79 Å². The van der Waals surface area contributed by atoms with Crippen LogP contribution in [0.5, 0.6) is 0 Å². The third-order valence-corrected chi connectivity index (χ3v) is 7.79. The summed E-state index contributed by atoms with van der Waals surface area (Å²) < 4.78 is 5.41. The number of aliphatic hydroxyl groups excluding tert-OH is 2. The van der Waals surface area contributed by atoms with Crippen LogP contribution >= 0.6 is 12.4 Å². The summed E-state index contributed by atoms with van der Waals surface area (Å²) in [6.45, 7) is 5.18. The molecular formula is C34H62ClN3O5. The summed E-state index contributed by atoms with van der Waals surface area (Å²) in [5.74, 6) is 0. The fourth-order valence-corrected chi connectivity index (χ4v) is 5.28. The smallest absolute Gasteiger partial charge is 0.407 e. The van der Waals surface area contributed by atoms with Crippen molar-refractivity contribution in [3.05, 3.63) is 29.8 Å². The van der Waals surface area contributed by atoms with Crippen molar-refractivity contribution < 1.29 is 24.5 Å². The number of hydrogen-bond acceptors (Lipinski definition) is 6. The summed E-state index contributed by atoms with van der Waals surface area (Å²) >= 11 is 0. The maximum atomic E-state index is 12.2. The van der Waals surface area contributed by atoms with Gasteiger partial charge in [-0.1, -0.05) is 121 Å². The molecule has 0 aromatic heterocycles. The highest BCUT2D eigenvalue weighted by Gasteiger charge is 2.12. The lowest BCUT2D eigenvalue weighted by Crippen LogP contribution is -2.33. The van der Waals surface area contributed by atoms with Crippen LogP contribution in [0.15, 0.2) is 24.3 Å². The Morgan fingerprint density at radius 3 is 1.77 bits per heavy atom. The number of nitrogens with zero attached hydrogens (tertiary/aromatic N) is 2. The van der Waals surface area contributed by atoms with Gasteiger partial charge in [0, 0.05) is 37.4 Å². The second-order valence-electron chi connectivity index (χ2n) is 11.4. The van der Waals surface area contributed by atoms with Crippen LogP contribution in [-0.2, 0) is 16.1 Å². The molecule has 8 nitrogen and oxygen atoms in total. The number of alkyl carbamates (subject to hydrolysis) is 1. The molecule has 0 saturated heterocycles. The summed E-state index contributed by atoms with van der Waals surface area (Å²) in [6, 6.07) is 7.56. The number of aliphatic hydroxyl groups is 2. The summed E-state index contributed by atoms with van der Waals surface area (Å²) in [5.41, 5.74) is 1.58. The maximum absolute atomic E-state index is 12.2. The van der Waals surface area contributed by atoms with Crippen LogP contribution in [0.3, 0.4) is 0 Å². The number of halogens is 1. The number of hydrogen-bond donors (Lipinski definition) is 3. The standard InChI is InChI=1S/C34H61N3O5.ClH/c1-2-3-4-5-6-7-8-9-10-11-12-13-14-15-16-19-25-37(31-40)33-22-18-17-21-32(33)30-42-34(41)35-23-20-24-36(26-28-38)27-29-39;/h17-18,21-22,31,38-39H,2-16,19-20,23-30H2,1H3,(H,35,41);1H. The zero-order chi connectivity index (χ0) is 30.5. The topological polar surface area (TPSA) is 102 Å². The minimum atomic E-state index is -0.504. The molecular weight excluding hydrogens is 566 g/mol. The van der Waals surface area contributed by atoms with E-state index in [9.17, 15) is 9.59 Å². The first-order valence-corrected chi connectivity index (χ1v) is 16.8. The molecule has 0 aliphatic heterocycles. The van der Waals surface area contributed by atoms with Crippen molar-refractivity contribution in [1.29, 1.82) is 0 Å². The Morgan fingerprint density at radius 1 is 0.744 bits per heavy atom. The van der Waals surface area contributed by atoms with Crippen LogP contribution in [0.2, 0.25) is 0 Å². The van der Waals surface area contributed by atoms with Gasteiger partial charge in [0.15, 0.2) is 0 Å². The van der Waals surface area contributed by atoms with Gasteiger partial charge in [0.2, 0.25) is 6.41 Å². The highest BCUT2D eigenvalue weighted by atomic mass is 35.5. The first-order valence-electron chi connectivity index (χ1n) is 16.8. The molecule has 0 heterocycles. The van der Waals surface area contributed by atoms with Crippen LogP contribution in [0.1, 0.15) is 122 Å². The molecule has 0 bridgehead atoms. The van der Waals surface area contributed by atoms with E-state index in [1.54, 1.807) is 4.90 Å². The second kappa shape index (κ2) is 30.2. The Bertz CT molecular complexity index is 780. The lowest BCUT2D eigenvalue weighted by molar-refractivity contribution is -0.107. The average molecular weight is 628 g/mol. The Hall–Kier alpha value is -1.87. The van der Waals surface area contributed by atoms with E-state index < -0.39 is 6.09 Å². The maximum Gasteiger partial charge on any atom is 0.407 e. The van der Waals surface area contributed by atoms with E-state index in [2.05, 4.69) is 12.2 Å². The number of benzene rings is 1. The third-order valence-electron chi connectivity index (χ3n) is 7.79. The predicted octanol–water partition coefficient (Wildman–Crippen LogP) is 7.24. The summed E-state index contributed by atoms with van der Waals surface area (Å²) in [5, 5.41) is 20.9. The first-order chi connectivity index (χ1) is 20.7. The van der Waals surface area contributed by atoms with Gasteiger partial charge < -0.3 is 25.2 Å². The Morgan fingerprint density at radius 2 is 1.26 bits per heavy atom. The largest absolute Gasteiger partial charge is 0.445 e. The first kappa shape index (κ1) is 41.1. The van der Waals surface area contributed by atoms with Crippen molar-refractivity contribution in [2.24, 2.45) is 0 Å². The number of amides is 2. The minimum absolute atomic E-state index is 0. The zero-order valence-electron chi connectivity index (χ0n) is 27.0. The molecule has 0 saturated carbocycles. The molecule has 0 atom stereocenters. The summed E-state index contributed by atoms with van der Waals surface area (Å²) in [6.07, 6.45) is 22.1. The van der Waals surface area contributed by atoms with E-state index in [1.165, 1.54) is 89.9 Å². The number of carbonyl (C=O) groups excluding carboxylic acids is 2. The van der Waals surface area contributed by atoms with Gasteiger partial charge in [-0.05, 0) is 25.5 Å². The molecule has 0 aliphatic rings. The molecule has 1 rings (SSSR count). The molecule has 1 aromatic carbocycles. The van der Waals surface area contributed by atoms with Crippen LogP contribution in [-0.4, -0.2) is 73.6 Å². The average Bonchev–Trinajstić information content (AvgIpc) is 3.00. The Balaban J connectivity index is 0.0000176. The van der Waals surface area contributed by atoms with Gasteiger partial charge in [-0.3, -0.25) is 9.69 Å². The van der Waals surface area contributed by atoms with Gasteiger partial charge in [-0.15, -0.1) is 12.4 Å². The van der Waals surface area contributed by atoms with Crippen LogP contribution in [0.4, 0.5) is 10.5 Å². The van der Waals surface area contributed by atoms with Crippen molar-refractivity contribution in [2.75, 3.05) is 50.8 Å². The van der Waals surface area contributed by atoms with Gasteiger partial charge in [0.1, 0.15) is 6.61 Å². The van der Waals surface area contributed by atoms with E-state index in [4.69, 9.17) is 14.9 Å². The fraction of sp³-hybridized carbons (Fsp3) is 0.765. The molecule has 0 radical (unpaired) electrons. The summed E-state index contributed by atoms with van der Waals surface area (Å²) in [4.78, 5) is 27.7. The number of unbranched alkanes of at least 4 members (excludes halogenated alkanes) is 15. The molecule has 0 aliphatic carbocycles. The lowest BCUT2D eigenvalue weighted by atomic mass is 10.0. The molecule has 3 N–H and O–H groups in total.